The van der Waals surface area contributed by atoms with E-state index in [1.807, 2.05) is 0 Å². The molecule has 0 saturated heterocycles. The van der Waals surface area contributed by atoms with Crippen molar-refractivity contribution in [3.63, 3.8) is 0 Å². The molecular formula is C88H106O. The smallest absolute Gasteiger partial charge is 0.141 e. The number of benzene rings is 9. The lowest BCUT2D eigenvalue weighted by Gasteiger charge is -2.37. The highest BCUT2D eigenvalue weighted by atomic mass is 16.3. The van der Waals surface area contributed by atoms with Gasteiger partial charge < -0.3 is 5.11 Å². The molecule has 9 aromatic rings. The van der Waals surface area contributed by atoms with Crippen molar-refractivity contribution < 1.29 is 5.11 Å². The molecule has 0 heterocycles. The highest BCUT2D eigenvalue weighted by molar-refractivity contribution is 5.63. The Morgan fingerprint density at radius 3 is 0.494 bits per heavy atom. The molecule has 0 amide bonds. The predicted octanol–water partition coefficient (Wildman–Crippen LogP) is 23.1. The van der Waals surface area contributed by atoms with Crippen molar-refractivity contribution in [1.82, 2.24) is 0 Å². The van der Waals surface area contributed by atoms with E-state index in [-0.39, 0.29) is 50.2 Å². The molecule has 0 spiro atoms. The van der Waals surface area contributed by atoms with Crippen LogP contribution < -0.4 is 0 Å². The van der Waals surface area contributed by atoms with Crippen LogP contribution in [-0.2, 0) is 38.1 Å². The maximum Gasteiger partial charge on any atom is 0.141 e. The summed E-state index contributed by atoms with van der Waals surface area (Å²) in [6, 6.07) is 70.5. The second-order valence-electron chi connectivity index (χ2n) is 32.8. The number of aryl methyl sites for hydroxylation is 6. The molecule has 1 N–H and O–H groups in total. The van der Waals surface area contributed by atoms with Gasteiger partial charge in [0.15, 0.2) is 0 Å². The molecule has 1 heteroatoms. The van der Waals surface area contributed by atoms with Crippen LogP contribution in [0, 0.1) is 41.5 Å². The summed E-state index contributed by atoms with van der Waals surface area (Å²) in [6.45, 7) is 54.8. The SMILES string of the molecule is Cc1cc(C)c(C(O)(c2cc(C(c3ccc(C(C)(C)C)cc3)c3ccc(C(C)(C)C)cc3)c(C)cc2C)c2cc(C(c3ccc(C(C)(C)C)cc3)c3ccc(C(C)(C)C)cc3)c(C)cc2C)cc1C(c1ccc(C(C)(C)C)cc1)c1ccc(C(C)(C)C)cc1. The van der Waals surface area contributed by atoms with Crippen LogP contribution in [0.4, 0.5) is 0 Å². The first-order chi connectivity index (χ1) is 41.3. The molecule has 0 aromatic heterocycles. The van der Waals surface area contributed by atoms with Gasteiger partial charge in [0, 0.05) is 17.8 Å². The zero-order valence-electron chi connectivity index (χ0n) is 59.0. The molecule has 0 fully saturated rings. The van der Waals surface area contributed by atoms with Crippen LogP contribution in [0.15, 0.2) is 182 Å². The molecule has 0 saturated carbocycles. The second kappa shape index (κ2) is 24.3. The maximum absolute atomic E-state index is 15.5. The molecule has 9 aromatic carbocycles. The Bertz CT molecular complexity index is 3360. The van der Waals surface area contributed by atoms with Gasteiger partial charge in [-0.25, -0.2) is 0 Å². The van der Waals surface area contributed by atoms with Crippen LogP contribution in [0.3, 0.4) is 0 Å². The third kappa shape index (κ3) is 13.8. The average molecular weight is 1180 g/mol. The number of rotatable bonds is 12. The molecule has 0 aliphatic heterocycles. The summed E-state index contributed by atoms with van der Waals surface area (Å²) in [5.74, 6) is -0.378. The molecule has 9 rings (SSSR count). The maximum atomic E-state index is 15.5. The number of hydrogen-bond acceptors (Lipinski definition) is 1. The average Bonchev–Trinajstić information content (AvgIpc) is 0.774. The number of hydrogen-bond donors (Lipinski definition) is 1. The number of aliphatic hydroxyl groups is 1. The lowest BCUT2D eigenvalue weighted by atomic mass is 9.70. The first kappa shape index (κ1) is 66.4. The fourth-order valence-corrected chi connectivity index (χ4v) is 13.9. The normalized spacial score (nSPS) is 13.1. The van der Waals surface area contributed by atoms with Gasteiger partial charge in [-0.3, -0.25) is 0 Å². The van der Waals surface area contributed by atoms with Crippen LogP contribution >= 0.6 is 0 Å². The Balaban J connectivity index is 1.39. The molecule has 89 heavy (non-hydrogen) atoms. The highest BCUT2D eigenvalue weighted by Gasteiger charge is 2.41. The molecule has 464 valence electrons. The van der Waals surface area contributed by atoms with Gasteiger partial charge in [0.2, 0.25) is 0 Å². The first-order valence-electron chi connectivity index (χ1n) is 33.0. The lowest BCUT2D eigenvalue weighted by molar-refractivity contribution is 0.123. The standard InChI is InChI=1S/C88H106O/c1-55-49-58(4)76(52-73(55)79(61-25-37-67(38-26-61)82(7,8)9)62-27-39-68(40-28-62)83(10,11)12)88(89,77-53-74(56(2)50-59(77)5)80(63-29-41-69(42-30-63)84(13,14)15)64-31-43-70(44-32-64)85(16,17)18)78-54-75(57(3)51-60(78)6)81(65-33-45-71(46-34-65)86(19,20)21)66-35-47-72(48-36-66)87(22,23)24/h25-54,79-81,89H,1-24H3. The van der Waals surface area contributed by atoms with E-state index < -0.39 is 5.60 Å². The Kier molecular flexibility index (Phi) is 18.1. The van der Waals surface area contributed by atoms with Gasteiger partial charge >= 0.3 is 0 Å². The van der Waals surface area contributed by atoms with Gasteiger partial charge in [0.25, 0.3) is 0 Å². The van der Waals surface area contributed by atoms with Crippen molar-refractivity contribution >= 4 is 0 Å². The largest absolute Gasteiger partial charge is 0.376 e. The third-order valence-electron chi connectivity index (χ3n) is 19.6. The summed E-state index contributed by atoms with van der Waals surface area (Å²) in [6.07, 6.45) is 0. The minimum absolute atomic E-state index is 0.00312. The van der Waals surface area contributed by atoms with E-state index in [0.717, 1.165) is 33.4 Å². The fourth-order valence-electron chi connectivity index (χ4n) is 13.9. The Labute approximate surface area is 539 Å². The zero-order chi connectivity index (χ0) is 65.3. The van der Waals surface area contributed by atoms with Crippen molar-refractivity contribution in [1.29, 1.82) is 0 Å². The van der Waals surface area contributed by atoms with E-state index in [1.54, 1.807) is 0 Å². The van der Waals surface area contributed by atoms with Crippen molar-refractivity contribution in [2.24, 2.45) is 0 Å². The van der Waals surface area contributed by atoms with Crippen molar-refractivity contribution in [2.75, 3.05) is 0 Å². The summed E-state index contributed by atoms with van der Waals surface area (Å²) in [5, 5.41) is 15.5. The molecule has 0 aliphatic carbocycles. The molecule has 0 aliphatic rings. The summed E-state index contributed by atoms with van der Waals surface area (Å²) >= 11 is 0. The summed E-state index contributed by atoms with van der Waals surface area (Å²) in [7, 11) is 0. The topological polar surface area (TPSA) is 20.2 Å². The third-order valence-corrected chi connectivity index (χ3v) is 19.6. The summed E-state index contributed by atoms with van der Waals surface area (Å²) < 4.78 is 0. The minimum atomic E-state index is -1.66. The van der Waals surface area contributed by atoms with Gasteiger partial charge in [-0.15, -0.1) is 0 Å². The predicted molar refractivity (Wildman–Crippen MR) is 384 cm³/mol. The molecule has 1 nitrogen and oxygen atoms in total. The van der Waals surface area contributed by atoms with E-state index in [0.29, 0.717) is 0 Å². The van der Waals surface area contributed by atoms with Gasteiger partial charge in [0.05, 0.1) is 0 Å². The monoisotopic (exact) mass is 1180 g/mol. The minimum Gasteiger partial charge on any atom is -0.376 e. The van der Waals surface area contributed by atoms with E-state index in [2.05, 4.69) is 348 Å². The van der Waals surface area contributed by atoms with Crippen molar-refractivity contribution in [3.8, 4) is 0 Å². The fraction of sp³-hybridized carbons (Fsp3) is 0.386. The van der Waals surface area contributed by atoms with Gasteiger partial charge in [-0.2, -0.15) is 0 Å². The lowest BCUT2D eigenvalue weighted by Crippen LogP contribution is -2.33. The first-order valence-corrected chi connectivity index (χ1v) is 33.0. The Hall–Kier alpha value is -7.06. The van der Waals surface area contributed by atoms with Crippen LogP contribution in [0.25, 0.3) is 0 Å². The Morgan fingerprint density at radius 2 is 0.360 bits per heavy atom. The molecular weight excluding hydrogens is 1070 g/mol. The molecule has 0 radical (unpaired) electrons. The van der Waals surface area contributed by atoms with E-state index in [1.165, 1.54) is 100 Å². The summed E-state index contributed by atoms with van der Waals surface area (Å²) in [5.41, 5.74) is 26.4. The second-order valence-corrected chi connectivity index (χ2v) is 32.8. The van der Waals surface area contributed by atoms with Gasteiger partial charge in [0.1, 0.15) is 5.60 Å². The van der Waals surface area contributed by atoms with Gasteiger partial charge in [-0.05, 0) is 208 Å². The van der Waals surface area contributed by atoms with E-state index in [4.69, 9.17) is 0 Å². The van der Waals surface area contributed by atoms with Crippen LogP contribution in [0.5, 0.6) is 0 Å². The van der Waals surface area contributed by atoms with Crippen LogP contribution in [0.1, 0.15) is 276 Å². The van der Waals surface area contributed by atoms with Crippen molar-refractivity contribution in [3.05, 3.63) is 316 Å². The Morgan fingerprint density at radius 1 is 0.213 bits per heavy atom. The molecule has 0 atom stereocenters. The van der Waals surface area contributed by atoms with Gasteiger partial charge in [-0.1, -0.05) is 307 Å². The molecule has 0 bridgehead atoms. The van der Waals surface area contributed by atoms with Crippen LogP contribution in [-0.4, -0.2) is 5.11 Å². The highest BCUT2D eigenvalue weighted by Crippen LogP contribution is 2.49. The van der Waals surface area contributed by atoms with Crippen LogP contribution in [0.2, 0.25) is 0 Å². The van der Waals surface area contributed by atoms with Crippen molar-refractivity contribution in [2.45, 2.75) is 222 Å². The quantitative estimate of drug-likeness (QED) is 0.121. The zero-order valence-corrected chi connectivity index (χ0v) is 59.0. The van der Waals surface area contributed by atoms with E-state index in [9.17, 15) is 0 Å². The van der Waals surface area contributed by atoms with E-state index >= 15 is 5.11 Å². The molecule has 0 unspecified atom stereocenters. The summed E-state index contributed by atoms with van der Waals surface area (Å²) in [4.78, 5) is 0.